The van der Waals surface area contributed by atoms with E-state index in [1.807, 2.05) is 75.4 Å². The van der Waals surface area contributed by atoms with Crippen LogP contribution in [0.15, 0.2) is 82.5 Å². The van der Waals surface area contributed by atoms with Gasteiger partial charge in [0.05, 0.1) is 21.2 Å². The molecule has 0 spiro atoms. The third kappa shape index (κ3) is 4.21. The number of hydrogen-bond donors (Lipinski definition) is 1. The highest BCUT2D eigenvalue weighted by molar-refractivity contribution is 7.89. The maximum absolute atomic E-state index is 13.4. The van der Waals surface area contributed by atoms with Crippen molar-refractivity contribution < 1.29 is 8.42 Å². The highest BCUT2D eigenvalue weighted by Gasteiger charge is 2.25. The van der Waals surface area contributed by atoms with Crippen molar-refractivity contribution in [3.8, 4) is 0 Å². The van der Waals surface area contributed by atoms with Crippen molar-refractivity contribution in [2.24, 2.45) is 0 Å². The van der Waals surface area contributed by atoms with Gasteiger partial charge in [0.1, 0.15) is 0 Å². The van der Waals surface area contributed by atoms with E-state index in [1.54, 1.807) is 22.8 Å². The second-order valence-corrected chi connectivity index (χ2v) is 10.5. The fourth-order valence-corrected chi connectivity index (χ4v) is 6.12. The summed E-state index contributed by atoms with van der Waals surface area (Å²) in [7, 11) is -3.84. The van der Waals surface area contributed by atoms with Crippen molar-refractivity contribution in [1.82, 2.24) is 9.29 Å². The van der Waals surface area contributed by atoms with Crippen LogP contribution in [0, 0.1) is 6.92 Å². The maximum Gasteiger partial charge on any atom is 0.308 e. The highest BCUT2D eigenvalue weighted by Crippen LogP contribution is 2.29. The van der Waals surface area contributed by atoms with Crippen molar-refractivity contribution in [2.75, 3.05) is 0 Å². The average molecular weight is 453 g/mol. The summed E-state index contributed by atoms with van der Waals surface area (Å²) in [6.07, 6.45) is 0. The number of nitrogens with zero attached hydrogens (tertiary/aromatic N) is 1. The predicted molar refractivity (Wildman–Crippen MR) is 126 cm³/mol. The number of nitrogens with one attached hydrogen (secondary N) is 1. The summed E-state index contributed by atoms with van der Waals surface area (Å²) < 4.78 is 32.0. The monoisotopic (exact) mass is 452 g/mol. The molecule has 7 heteroatoms. The molecule has 1 heterocycles. The van der Waals surface area contributed by atoms with E-state index in [0.717, 1.165) is 33.5 Å². The first-order chi connectivity index (χ1) is 14.8. The molecule has 3 aromatic carbocycles. The van der Waals surface area contributed by atoms with Crippen molar-refractivity contribution in [2.45, 2.75) is 37.8 Å². The summed E-state index contributed by atoms with van der Waals surface area (Å²) >= 11 is 1.07. The lowest BCUT2D eigenvalue weighted by Crippen LogP contribution is -2.30. The largest absolute Gasteiger partial charge is 0.308 e. The van der Waals surface area contributed by atoms with E-state index in [0.29, 0.717) is 4.70 Å². The van der Waals surface area contributed by atoms with Crippen LogP contribution < -0.4 is 9.60 Å². The molecule has 0 amide bonds. The minimum absolute atomic E-state index is 0.00495. The van der Waals surface area contributed by atoms with Gasteiger partial charge < -0.3 is 0 Å². The van der Waals surface area contributed by atoms with Crippen LogP contribution in [-0.4, -0.2) is 13.0 Å². The Hall–Kier alpha value is -2.74. The highest BCUT2D eigenvalue weighted by atomic mass is 32.2. The Morgan fingerprint density at radius 3 is 2.29 bits per heavy atom. The number of benzene rings is 3. The number of fused-ring (bicyclic) bond motifs is 1. The van der Waals surface area contributed by atoms with Crippen molar-refractivity contribution in [3.05, 3.63) is 99.2 Å². The van der Waals surface area contributed by atoms with Crippen molar-refractivity contribution in [3.63, 3.8) is 0 Å². The van der Waals surface area contributed by atoms with Crippen LogP contribution in [-0.2, 0) is 10.0 Å². The van der Waals surface area contributed by atoms with Crippen LogP contribution in [0.25, 0.3) is 10.2 Å². The van der Waals surface area contributed by atoms with Gasteiger partial charge in [-0.3, -0.25) is 9.36 Å². The standard InChI is InChI=1S/C24H24N2O3S2/c1-16(2)26-21-14-13-19(15-22(21)30-24(26)27)31(28,29)25-23(18-10-5-4-6-11-18)20-12-8-7-9-17(20)3/h4-16,23,25H,1-3H3/t23-/m0/s1. The number of sulfonamides is 1. The van der Waals surface area contributed by atoms with Crippen LogP contribution in [0.5, 0.6) is 0 Å². The topological polar surface area (TPSA) is 68.2 Å². The number of aryl methyl sites for hydroxylation is 1. The van der Waals surface area contributed by atoms with Crippen LogP contribution >= 0.6 is 11.3 Å². The Kier molecular flexibility index (Phi) is 5.83. The van der Waals surface area contributed by atoms with E-state index in [1.165, 1.54) is 0 Å². The molecule has 0 radical (unpaired) electrons. The molecule has 0 unspecified atom stereocenters. The molecule has 0 aliphatic heterocycles. The third-order valence-corrected chi connectivity index (χ3v) is 7.66. The summed E-state index contributed by atoms with van der Waals surface area (Å²) in [5, 5.41) is 0. The molecular weight excluding hydrogens is 428 g/mol. The lowest BCUT2D eigenvalue weighted by atomic mass is 9.96. The SMILES string of the molecule is Cc1ccccc1[C@@H](NS(=O)(=O)c1ccc2c(c1)sc(=O)n2C(C)C)c1ccccc1. The van der Waals surface area contributed by atoms with Gasteiger partial charge in [-0.15, -0.1) is 0 Å². The lowest BCUT2D eigenvalue weighted by molar-refractivity contribution is 0.572. The first kappa shape index (κ1) is 21.5. The van der Waals surface area contributed by atoms with Crippen LogP contribution in [0.1, 0.15) is 42.6 Å². The average Bonchev–Trinajstić information content (AvgIpc) is 3.08. The Balaban J connectivity index is 1.78. The molecule has 5 nitrogen and oxygen atoms in total. The molecule has 0 aliphatic rings. The number of thiazole rings is 1. The molecule has 4 rings (SSSR count). The van der Waals surface area contributed by atoms with E-state index in [-0.39, 0.29) is 15.8 Å². The lowest BCUT2D eigenvalue weighted by Gasteiger charge is -2.21. The van der Waals surface area contributed by atoms with Gasteiger partial charge in [0.25, 0.3) is 0 Å². The molecule has 31 heavy (non-hydrogen) atoms. The summed E-state index contributed by atoms with van der Waals surface area (Å²) in [6, 6.07) is 21.6. The van der Waals surface area contributed by atoms with Gasteiger partial charge in [-0.2, -0.15) is 4.72 Å². The van der Waals surface area contributed by atoms with Crippen LogP contribution in [0.3, 0.4) is 0 Å². The van der Waals surface area contributed by atoms with Gasteiger partial charge >= 0.3 is 4.87 Å². The molecular formula is C24H24N2O3S2. The van der Waals surface area contributed by atoms with Gasteiger partial charge in [0.15, 0.2) is 0 Å². The first-order valence-corrected chi connectivity index (χ1v) is 12.4. The Labute approximate surface area is 186 Å². The molecule has 1 N–H and O–H groups in total. The molecule has 0 bridgehead atoms. The second-order valence-electron chi connectivity index (χ2n) is 7.78. The first-order valence-electron chi connectivity index (χ1n) is 10.1. The summed E-state index contributed by atoms with van der Waals surface area (Å²) in [6.45, 7) is 5.84. The summed E-state index contributed by atoms with van der Waals surface area (Å²) in [5.41, 5.74) is 3.51. The van der Waals surface area contributed by atoms with Crippen LogP contribution in [0.4, 0.5) is 0 Å². The van der Waals surface area contributed by atoms with Crippen molar-refractivity contribution in [1.29, 1.82) is 0 Å². The van der Waals surface area contributed by atoms with Crippen LogP contribution in [0.2, 0.25) is 0 Å². The molecule has 1 atom stereocenters. The number of hydrogen-bond acceptors (Lipinski definition) is 4. The van der Waals surface area contributed by atoms with Crippen molar-refractivity contribution >= 4 is 31.6 Å². The number of aromatic nitrogens is 1. The minimum atomic E-state index is -3.84. The second kappa shape index (κ2) is 8.42. The maximum atomic E-state index is 13.4. The third-order valence-electron chi connectivity index (χ3n) is 5.32. The van der Waals surface area contributed by atoms with E-state index < -0.39 is 16.1 Å². The van der Waals surface area contributed by atoms with E-state index in [4.69, 9.17) is 0 Å². The molecule has 0 fully saturated rings. The molecule has 160 valence electrons. The zero-order chi connectivity index (χ0) is 22.2. The summed E-state index contributed by atoms with van der Waals surface area (Å²) in [5.74, 6) is 0. The quantitative estimate of drug-likeness (QED) is 0.447. The smallest absolute Gasteiger partial charge is 0.296 e. The van der Waals surface area contributed by atoms with Gasteiger partial charge in [-0.1, -0.05) is 65.9 Å². The predicted octanol–water partition coefficient (Wildman–Crippen LogP) is 5.02. The van der Waals surface area contributed by atoms with Gasteiger partial charge in [-0.05, 0) is 55.7 Å². The molecule has 4 aromatic rings. The Morgan fingerprint density at radius 1 is 0.935 bits per heavy atom. The van der Waals surface area contributed by atoms with E-state index >= 15 is 0 Å². The summed E-state index contributed by atoms with van der Waals surface area (Å²) in [4.78, 5) is 12.4. The van der Waals surface area contributed by atoms with E-state index in [9.17, 15) is 13.2 Å². The zero-order valence-electron chi connectivity index (χ0n) is 17.6. The van der Waals surface area contributed by atoms with Gasteiger partial charge in [-0.25, -0.2) is 8.42 Å². The number of rotatable bonds is 6. The van der Waals surface area contributed by atoms with E-state index in [2.05, 4.69) is 4.72 Å². The molecule has 0 saturated carbocycles. The zero-order valence-corrected chi connectivity index (χ0v) is 19.2. The fourth-order valence-electron chi connectivity index (χ4n) is 3.76. The molecule has 0 saturated heterocycles. The Morgan fingerprint density at radius 2 is 1.61 bits per heavy atom. The minimum Gasteiger partial charge on any atom is -0.296 e. The normalized spacial score (nSPS) is 13.0. The molecule has 0 aliphatic carbocycles. The molecule has 1 aromatic heterocycles. The Bertz CT molecular complexity index is 1390. The van der Waals surface area contributed by atoms with Gasteiger partial charge in [0.2, 0.25) is 10.0 Å². The fraction of sp³-hybridized carbons (Fsp3) is 0.208. The van der Waals surface area contributed by atoms with Gasteiger partial charge in [0, 0.05) is 6.04 Å².